The molecule has 2 heterocycles. The highest BCUT2D eigenvalue weighted by Gasteiger charge is 2.33. The topological polar surface area (TPSA) is 15.9 Å². The predicted molar refractivity (Wildman–Crippen MR) is 95.8 cm³/mol. The van der Waals surface area contributed by atoms with Crippen LogP contribution in [0.4, 0.5) is 5.82 Å². The van der Waals surface area contributed by atoms with E-state index in [0.29, 0.717) is 0 Å². The first kappa shape index (κ1) is 14.3. The van der Waals surface area contributed by atoms with Crippen LogP contribution in [0.25, 0.3) is 10.8 Å². The lowest BCUT2D eigenvalue weighted by atomic mass is 9.81. The van der Waals surface area contributed by atoms with Gasteiger partial charge in [-0.25, -0.2) is 4.57 Å². The fourth-order valence-electron chi connectivity index (χ4n) is 3.80. The summed E-state index contributed by atoms with van der Waals surface area (Å²) < 4.78 is 2.48. The highest BCUT2D eigenvalue weighted by Crippen LogP contribution is 2.31. The summed E-state index contributed by atoms with van der Waals surface area (Å²) in [5.74, 6) is 1.28. The van der Waals surface area contributed by atoms with Crippen molar-refractivity contribution in [2.75, 3.05) is 11.9 Å². The fourth-order valence-corrected chi connectivity index (χ4v) is 3.80. The number of nitrogens with zero attached hydrogens (tertiary/aromatic N) is 1. The van der Waals surface area contributed by atoms with Crippen molar-refractivity contribution < 1.29 is 4.57 Å². The van der Waals surface area contributed by atoms with Crippen LogP contribution in [-0.2, 0) is 18.4 Å². The van der Waals surface area contributed by atoms with E-state index in [2.05, 4.69) is 84.4 Å². The Morgan fingerprint density at radius 2 is 1.74 bits per heavy atom. The van der Waals surface area contributed by atoms with Gasteiger partial charge >= 0.3 is 0 Å². The molecule has 1 aromatic heterocycles. The van der Waals surface area contributed by atoms with E-state index in [4.69, 9.17) is 0 Å². The molecular weight excluding hydrogens is 280 g/mol. The highest BCUT2D eigenvalue weighted by atomic mass is 15.2. The third kappa shape index (κ3) is 2.48. The van der Waals surface area contributed by atoms with E-state index in [1.54, 1.807) is 0 Å². The van der Waals surface area contributed by atoms with E-state index >= 15 is 0 Å². The van der Waals surface area contributed by atoms with Crippen molar-refractivity contribution in [3.8, 4) is 0 Å². The summed E-state index contributed by atoms with van der Waals surface area (Å²) in [5, 5.41) is 6.23. The third-order valence-corrected chi connectivity index (χ3v) is 4.88. The van der Waals surface area contributed by atoms with Crippen LogP contribution in [-0.4, -0.2) is 6.54 Å². The van der Waals surface area contributed by atoms with Crippen molar-refractivity contribution in [1.29, 1.82) is 0 Å². The number of aromatic nitrogens is 1. The molecule has 0 amide bonds. The Kier molecular flexibility index (Phi) is 3.33. The van der Waals surface area contributed by atoms with Gasteiger partial charge in [0.1, 0.15) is 18.8 Å². The van der Waals surface area contributed by atoms with E-state index in [-0.39, 0.29) is 5.41 Å². The molecule has 116 valence electrons. The maximum Gasteiger partial charge on any atom is 0.282 e. The van der Waals surface area contributed by atoms with E-state index < -0.39 is 0 Å². The summed E-state index contributed by atoms with van der Waals surface area (Å²) >= 11 is 0. The molecule has 0 aliphatic carbocycles. The van der Waals surface area contributed by atoms with Crippen LogP contribution in [0.15, 0.2) is 60.7 Å². The molecule has 0 spiro atoms. The summed E-state index contributed by atoms with van der Waals surface area (Å²) in [7, 11) is 0. The molecule has 1 N–H and O–H groups in total. The van der Waals surface area contributed by atoms with Crippen LogP contribution in [0, 0.1) is 0 Å². The number of pyridine rings is 1. The van der Waals surface area contributed by atoms with Gasteiger partial charge in [0.25, 0.3) is 5.82 Å². The number of anilines is 1. The Balaban J connectivity index is 1.85. The van der Waals surface area contributed by atoms with Crippen molar-refractivity contribution in [3.63, 3.8) is 0 Å². The molecule has 0 radical (unpaired) electrons. The largest absolute Gasteiger partial charge is 0.282 e. The van der Waals surface area contributed by atoms with Gasteiger partial charge in [-0.3, -0.25) is 5.32 Å². The lowest BCUT2D eigenvalue weighted by Crippen LogP contribution is -2.43. The van der Waals surface area contributed by atoms with Crippen molar-refractivity contribution in [3.05, 3.63) is 71.9 Å². The van der Waals surface area contributed by atoms with Gasteiger partial charge in [-0.2, -0.15) is 0 Å². The van der Waals surface area contributed by atoms with Crippen molar-refractivity contribution in [2.24, 2.45) is 0 Å². The number of rotatable bonds is 3. The second-order valence-corrected chi connectivity index (χ2v) is 7.09. The molecule has 0 saturated heterocycles. The lowest BCUT2D eigenvalue weighted by molar-refractivity contribution is -0.680. The van der Waals surface area contributed by atoms with Crippen LogP contribution in [0.5, 0.6) is 0 Å². The maximum absolute atomic E-state index is 3.58. The molecule has 2 heteroatoms. The normalized spacial score (nSPS) is 13.8. The van der Waals surface area contributed by atoms with E-state index in [9.17, 15) is 0 Å². The first-order chi connectivity index (χ1) is 11.1. The van der Waals surface area contributed by atoms with Gasteiger partial charge < -0.3 is 0 Å². The average molecular weight is 303 g/mol. The number of hydrogen-bond acceptors (Lipinski definition) is 1. The van der Waals surface area contributed by atoms with Gasteiger partial charge in [0, 0.05) is 5.41 Å². The van der Waals surface area contributed by atoms with Crippen LogP contribution in [0.3, 0.4) is 0 Å². The monoisotopic (exact) mass is 303 g/mol. The molecule has 0 atom stereocenters. The van der Waals surface area contributed by atoms with Gasteiger partial charge in [0.05, 0.1) is 5.39 Å². The molecule has 4 rings (SSSR count). The number of fused-ring (bicyclic) bond motifs is 3. The van der Waals surface area contributed by atoms with Crippen molar-refractivity contribution in [1.82, 2.24) is 0 Å². The molecule has 23 heavy (non-hydrogen) atoms. The van der Waals surface area contributed by atoms with Crippen LogP contribution < -0.4 is 9.88 Å². The quantitative estimate of drug-likeness (QED) is 0.721. The van der Waals surface area contributed by atoms with Gasteiger partial charge in [0.2, 0.25) is 0 Å². The maximum atomic E-state index is 3.58. The summed E-state index contributed by atoms with van der Waals surface area (Å²) in [6.07, 6.45) is 1.05. The van der Waals surface area contributed by atoms with Crippen molar-refractivity contribution >= 4 is 16.6 Å². The Labute approximate surface area is 137 Å². The number of hydrogen-bond donors (Lipinski definition) is 1. The Morgan fingerprint density at radius 1 is 1.00 bits per heavy atom. The number of benzene rings is 2. The average Bonchev–Trinajstić information content (AvgIpc) is 3.04. The first-order valence-corrected chi connectivity index (χ1v) is 8.39. The van der Waals surface area contributed by atoms with E-state index in [1.807, 2.05) is 0 Å². The Bertz CT molecular complexity index is 850. The molecule has 0 saturated carbocycles. The molecule has 0 fully saturated rings. The third-order valence-electron chi connectivity index (χ3n) is 4.88. The standard InChI is InChI=1S/C21H22N2/c1-21(2,15-16-8-4-3-5-9-16)19-14-17-10-6-7-11-18(17)20-22-12-13-23(19)20/h3-11,14H,12-13,15H2,1-2H3/p+1. The minimum atomic E-state index is 0.0894. The minimum absolute atomic E-state index is 0.0894. The zero-order valence-corrected chi connectivity index (χ0v) is 13.8. The Hall–Kier alpha value is -2.35. The zero-order valence-electron chi connectivity index (χ0n) is 13.8. The summed E-state index contributed by atoms with van der Waals surface area (Å²) in [4.78, 5) is 0. The minimum Gasteiger partial charge on any atom is -0.270 e. The van der Waals surface area contributed by atoms with Crippen LogP contribution in [0.1, 0.15) is 25.1 Å². The Morgan fingerprint density at radius 3 is 2.57 bits per heavy atom. The molecule has 0 unspecified atom stereocenters. The molecular formula is C21H23N2+. The molecule has 2 aromatic carbocycles. The van der Waals surface area contributed by atoms with Gasteiger partial charge in [-0.15, -0.1) is 0 Å². The molecule has 1 aliphatic heterocycles. The van der Waals surface area contributed by atoms with Gasteiger partial charge in [0.15, 0.2) is 0 Å². The smallest absolute Gasteiger partial charge is 0.270 e. The van der Waals surface area contributed by atoms with E-state index in [1.165, 1.54) is 27.8 Å². The van der Waals surface area contributed by atoms with Gasteiger partial charge in [-0.05, 0) is 29.5 Å². The summed E-state index contributed by atoms with van der Waals surface area (Å²) in [6, 6.07) is 21.9. The SMILES string of the molecule is CC(C)(Cc1ccccc1)c1cc2ccccc2c2[n+]1CCN2. The predicted octanol–water partition coefficient (Wildman–Crippen LogP) is 4.07. The van der Waals surface area contributed by atoms with Crippen molar-refractivity contribution in [2.45, 2.75) is 32.2 Å². The highest BCUT2D eigenvalue weighted by molar-refractivity contribution is 5.90. The van der Waals surface area contributed by atoms with Crippen LogP contribution >= 0.6 is 0 Å². The van der Waals surface area contributed by atoms with E-state index in [0.717, 1.165) is 19.5 Å². The second-order valence-electron chi connectivity index (χ2n) is 7.09. The molecule has 0 bridgehead atoms. The summed E-state index contributed by atoms with van der Waals surface area (Å²) in [5.41, 5.74) is 2.90. The second kappa shape index (κ2) is 5.38. The molecule has 3 aromatic rings. The van der Waals surface area contributed by atoms with Crippen LogP contribution in [0.2, 0.25) is 0 Å². The summed E-state index contributed by atoms with van der Waals surface area (Å²) in [6.45, 7) is 6.78. The van der Waals surface area contributed by atoms with Gasteiger partial charge in [-0.1, -0.05) is 62.4 Å². The molecule has 1 aliphatic rings. The fraction of sp³-hybridized carbons (Fsp3) is 0.286. The first-order valence-electron chi connectivity index (χ1n) is 8.39. The zero-order chi connectivity index (χ0) is 15.9. The lowest BCUT2D eigenvalue weighted by Gasteiger charge is -2.25. The molecule has 2 nitrogen and oxygen atoms in total. The number of nitrogens with one attached hydrogen (secondary N) is 1.